The Hall–Kier alpha value is -4.11. The Labute approximate surface area is 205 Å². The first-order chi connectivity index (χ1) is 16.9. The highest BCUT2D eigenvalue weighted by Gasteiger charge is 2.20. The van der Waals surface area contributed by atoms with E-state index in [1.54, 1.807) is 30.3 Å². The zero-order valence-electron chi connectivity index (χ0n) is 19.0. The summed E-state index contributed by atoms with van der Waals surface area (Å²) in [5.41, 5.74) is 0.521. The monoisotopic (exact) mass is 489 g/mol. The highest BCUT2D eigenvalue weighted by Crippen LogP contribution is 2.19. The largest absolute Gasteiger partial charge is 0.452 e. The molecule has 2 aromatic carbocycles. The van der Waals surface area contributed by atoms with Crippen LogP contribution >= 0.6 is 11.3 Å². The van der Waals surface area contributed by atoms with Gasteiger partial charge < -0.3 is 10.1 Å². The van der Waals surface area contributed by atoms with E-state index < -0.39 is 12.6 Å². The fraction of sp³-hybridized carbons (Fsp3) is 0.192. The summed E-state index contributed by atoms with van der Waals surface area (Å²) in [7, 11) is 0. The molecule has 2 aromatic heterocycles. The molecule has 8 nitrogen and oxygen atoms in total. The number of benzene rings is 2. The number of thiophene rings is 1. The van der Waals surface area contributed by atoms with Crippen molar-refractivity contribution in [2.75, 3.05) is 13.2 Å². The second-order valence-corrected chi connectivity index (χ2v) is 9.01. The lowest BCUT2D eigenvalue weighted by atomic mass is 10.1. The van der Waals surface area contributed by atoms with Crippen molar-refractivity contribution in [2.24, 2.45) is 0 Å². The third kappa shape index (κ3) is 5.88. The Bertz CT molecular complexity index is 1440. The van der Waals surface area contributed by atoms with Gasteiger partial charge in [0.2, 0.25) is 11.7 Å². The molecular weight excluding hydrogens is 466 g/mol. The second kappa shape index (κ2) is 10.9. The molecule has 0 radical (unpaired) electrons. The van der Waals surface area contributed by atoms with Crippen LogP contribution in [0.1, 0.15) is 37.5 Å². The van der Waals surface area contributed by atoms with E-state index in [1.165, 1.54) is 22.9 Å². The number of fused-ring (bicyclic) bond motifs is 1. The number of hydrogen-bond donors (Lipinski definition) is 1. The van der Waals surface area contributed by atoms with Crippen LogP contribution in [0.5, 0.6) is 0 Å². The Morgan fingerprint density at radius 1 is 0.971 bits per heavy atom. The zero-order chi connectivity index (χ0) is 24.8. The summed E-state index contributed by atoms with van der Waals surface area (Å²) in [4.78, 5) is 50.9. The first-order valence-corrected chi connectivity index (χ1v) is 11.8. The van der Waals surface area contributed by atoms with Crippen molar-refractivity contribution >= 4 is 39.8 Å². The molecule has 0 fully saturated rings. The van der Waals surface area contributed by atoms with Gasteiger partial charge in [-0.2, -0.15) is 5.10 Å². The minimum atomic E-state index is -0.779. The summed E-state index contributed by atoms with van der Waals surface area (Å²) in [5.74, 6) is -1.23. The van der Waals surface area contributed by atoms with Gasteiger partial charge in [0.25, 0.3) is 5.56 Å². The van der Waals surface area contributed by atoms with Gasteiger partial charge in [0.05, 0.1) is 16.8 Å². The van der Waals surface area contributed by atoms with Crippen LogP contribution in [0.2, 0.25) is 0 Å². The minimum absolute atomic E-state index is 0.0221. The topological polar surface area (TPSA) is 107 Å². The van der Waals surface area contributed by atoms with Crippen LogP contribution in [0.4, 0.5) is 0 Å². The molecule has 2 heterocycles. The Morgan fingerprint density at radius 2 is 1.69 bits per heavy atom. The third-order valence-electron chi connectivity index (χ3n) is 5.25. The van der Waals surface area contributed by atoms with Crippen molar-refractivity contribution in [2.45, 2.75) is 19.9 Å². The number of Topliss-reactive ketones (excluding diaryl/α,β-unsaturated/α-hetero) is 1. The van der Waals surface area contributed by atoms with Crippen LogP contribution in [0.15, 0.2) is 71.5 Å². The predicted molar refractivity (Wildman–Crippen MR) is 133 cm³/mol. The average molecular weight is 490 g/mol. The maximum atomic E-state index is 12.9. The van der Waals surface area contributed by atoms with Crippen molar-refractivity contribution in [1.82, 2.24) is 15.1 Å². The quantitative estimate of drug-likeness (QED) is 0.286. The molecule has 4 aromatic rings. The van der Waals surface area contributed by atoms with Gasteiger partial charge in [-0.25, -0.2) is 9.48 Å². The highest BCUT2D eigenvalue weighted by molar-refractivity contribution is 7.14. The SMILES string of the molecule is CC(=O)NCCc1ccc(C(=O)COC(=O)c2nn(Cc3ccccc3)c(=O)c3ccccc23)s1. The lowest BCUT2D eigenvalue weighted by molar-refractivity contribution is -0.118. The van der Waals surface area contributed by atoms with Gasteiger partial charge in [-0.3, -0.25) is 14.4 Å². The number of nitrogens with one attached hydrogen (secondary N) is 1. The number of ketones is 1. The number of hydrogen-bond acceptors (Lipinski definition) is 7. The minimum Gasteiger partial charge on any atom is -0.452 e. The van der Waals surface area contributed by atoms with Gasteiger partial charge in [0, 0.05) is 23.7 Å². The van der Waals surface area contributed by atoms with Crippen molar-refractivity contribution in [1.29, 1.82) is 0 Å². The van der Waals surface area contributed by atoms with Crippen LogP contribution in [0.3, 0.4) is 0 Å². The number of ether oxygens (including phenoxy) is 1. The molecular formula is C26H23N3O5S. The van der Waals surface area contributed by atoms with E-state index in [4.69, 9.17) is 4.74 Å². The molecule has 0 aliphatic heterocycles. The predicted octanol–water partition coefficient (Wildman–Crippen LogP) is 3.22. The Kier molecular flexibility index (Phi) is 7.47. The van der Waals surface area contributed by atoms with Crippen molar-refractivity contribution in [3.63, 3.8) is 0 Å². The molecule has 0 spiro atoms. The Morgan fingerprint density at radius 3 is 2.43 bits per heavy atom. The first kappa shape index (κ1) is 24.0. The molecule has 9 heteroatoms. The fourth-order valence-electron chi connectivity index (χ4n) is 3.54. The number of carbonyl (C=O) groups excluding carboxylic acids is 3. The van der Waals surface area contributed by atoms with E-state index in [9.17, 15) is 19.2 Å². The third-order valence-corrected chi connectivity index (χ3v) is 6.44. The molecule has 35 heavy (non-hydrogen) atoms. The second-order valence-electron chi connectivity index (χ2n) is 7.84. The van der Waals surface area contributed by atoms with Gasteiger partial charge in [0.15, 0.2) is 12.3 Å². The number of esters is 1. The van der Waals surface area contributed by atoms with E-state index in [0.29, 0.717) is 28.6 Å². The molecule has 1 N–H and O–H groups in total. The number of carbonyl (C=O) groups is 3. The lowest BCUT2D eigenvalue weighted by Gasteiger charge is -2.11. The van der Waals surface area contributed by atoms with Gasteiger partial charge in [-0.15, -0.1) is 11.3 Å². The van der Waals surface area contributed by atoms with Crippen molar-refractivity contribution in [3.05, 3.63) is 98.1 Å². The lowest BCUT2D eigenvalue weighted by Crippen LogP contribution is -2.27. The average Bonchev–Trinajstić information content (AvgIpc) is 3.33. The summed E-state index contributed by atoms with van der Waals surface area (Å²) >= 11 is 1.30. The molecule has 0 aliphatic rings. The van der Waals surface area contributed by atoms with Crippen molar-refractivity contribution in [3.8, 4) is 0 Å². The molecule has 0 saturated carbocycles. The molecule has 1 amide bonds. The first-order valence-electron chi connectivity index (χ1n) is 11.0. The van der Waals surface area contributed by atoms with Gasteiger partial charge in [-0.1, -0.05) is 48.5 Å². The van der Waals surface area contributed by atoms with E-state index in [1.807, 2.05) is 36.4 Å². The maximum Gasteiger partial charge on any atom is 0.359 e. The van der Waals surface area contributed by atoms with E-state index in [-0.39, 0.29) is 29.5 Å². The molecule has 0 atom stereocenters. The van der Waals surface area contributed by atoms with Crippen LogP contribution in [-0.2, 0) is 22.5 Å². The molecule has 0 saturated heterocycles. The summed E-state index contributed by atoms with van der Waals surface area (Å²) in [6, 6.07) is 19.5. The van der Waals surface area contributed by atoms with Crippen LogP contribution in [0, 0.1) is 0 Å². The van der Waals surface area contributed by atoms with Crippen LogP contribution in [0.25, 0.3) is 10.8 Å². The number of rotatable bonds is 9. The van der Waals surface area contributed by atoms with Gasteiger partial charge >= 0.3 is 5.97 Å². The molecule has 178 valence electrons. The highest BCUT2D eigenvalue weighted by atomic mass is 32.1. The fourth-order valence-corrected chi connectivity index (χ4v) is 4.48. The molecule has 4 rings (SSSR count). The Balaban J connectivity index is 1.50. The number of amides is 1. The van der Waals surface area contributed by atoms with E-state index in [0.717, 1.165) is 10.4 Å². The van der Waals surface area contributed by atoms with E-state index >= 15 is 0 Å². The zero-order valence-corrected chi connectivity index (χ0v) is 19.8. The molecule has 0 aliphatic carbocycles. The smallest absolute Gasteiger partial charge is 0.359 e. The number of aromatic nitrogens is 2. The maximum absolute atomic E-state index is 12.9. The summed E-state index contributed by atoms with van der Waals surface area (Å²) in [6.45, 7) is 1.68. The summed E-state index contributed by atoms with van der Waals surface area (Å²) in [5, 5.41) is 7.71. The standard InChI is InChI=1S/C26H23N3O5S/c1-17(30)27-14-13-19-11-12-23(35-19)22(31)16-34-26(33)24-20-9-5-6-10-21(20)25(32)29(28-24)15-18-7-3-2-4-8-18/h2-12H,13-16H2,1H3,(H,27,30). The summed E-state index contributed by atoms with van der Waals surface area (Å²) in [6.07, 6.45) is 0.607. The van der Waals surface area contributed by atoms with Crippen LogP contribution in [-0.4, -0.2) is 40.6 Å². The van der Waals surface area contributed by atoms with E-state index in [2.05, 4.69) is 10.4 Å². The molecule has 0 unspecified atom stereocenters. The van der Waals surface area contributed by atoms with Crippen molar-refractivity contribution < 1.29 is 19.1 Å². The van der Waals surface area contributed by atoms with Gasteiger partial charge in [-0.05, 0) is 30.2 Å². The molecule has 0 bridgehead atoms. The van der Waals surface area contributed by atoms with Gasteiger partial charge in [0.1, 0.15) is 0 Å². The number of nitrogens with zero attached hydrogens (tertiary/aromatic N) is 2. The normalized spacial score (nSPS) is 10.8. The summed E-state index contributed by atoms with van der Waals surface area (Å²) < 4.78 is 6.54. The van der Waals surface area contributed by atoms with Crippen LogP contribution < -0.4 is 10.9 Å².